The zero-order chi connectivity index (χ0) is 23.2. The van der Waals surface area contributed by atoms with Crippen molar-refractivity contribution in [2.45, 2.75) is 51.3 Å². The molecule has 0 bridgehead atoms. The Balaban J connectivity index is 1.27. The van der Waals surface area contributed by atoms with Gasteiger partial charge in [0.25, 0.3) is 5.91 Å². The molecule has 3 aliphatic rings. The van der Waals surface area contributed by atoms with Gasteiger partial charge in [0.2, 0.25) is 5.91 Å². The van der Waals surface area contributed by atoms with Gasteiger partial charge >= 0.3 is 6.03 Å². The quantitative estimate of drug-likeness (QED) is 0.661. The van der Waals surface area contributed by atoms with Gasteiger partial charge in [0.1, 0.15) is 29.7 Å². The maximum atomic E-state index is 13.2. The molecule has 4 amide bonds. The molecule has 1 spiro atoms. The second kappa shape index (κ2) is 8.10. The fourth-order valence-corrected chi connectivity index (χ4v) is 5.04. The number of ether oxygens (including phenoxy) is 2. The molecule has 172 valence electrons. The van der Waals surface area contributed by atoms with Gasteiger partial charge in [-0.15, -0.1) is 0 Å². The predicted molar refractivity (Wildman–Crippen MR) is 120 cm³/mol. The van der Waals surface area contributed by atoms with E-state index in [1.54, 1.807) is 0 Å². The Labute approximate surface area is 192 Å². The second-order valence-electron chi connectivity index (χ2n) is 8.79. The third kappa shape index (κ3) is 3.59. The lowest BCUT2D eigenvalue weighted by molar-refractivity contribution is -0.135. The highest BCUT2D eigenvalue weighted by Gasteiger charge is 2.55. The van der Waals surface area contributed by atoms with Crippen molar-refractivity contribution < 1.29 is 23.9 Å². The van der Waals surface area contributed by atoms with Crippen LogP contribution in [0, 0.1) is 0 Å². The lowest BCUT2D eigenvalue weighted by Gasteiger charge is -2.22. The lowest BCUT2D eigenvalue weighted by atomic mass is 9.92. The Morgan fingerprint density at radius 1 is 1.27 bits per heavy atom. The van der Waals surface area contributed by atoms with E-state index in [1.165, 1.54) is 0 Å². The van der Waals surface area contributed by atoms with Gasteiger partial charge in [0.05, 0.1) is 6.61 Å². The zero-order valence-electron chi connectivity index (χ0n) is 18.8. The summed E-state index contributed by atoms with van der Waals surface area (Å²) in [5.74, 6) is 0.707. The summed E-state index contributed by atoms with van der Waals surface area (Å²) in [6.45, 7) is 4.29. The Morgan fingerprint density at radius 2 is 2.09 bits per heavy atom. The monoisotopic (exact) mass is 449 g/mol. The van der Waals surface area contributed by atoms with E-state index in [4.69, 9.17) is 9.47 Å². The van der Waals surface area contributed by atoms with Crippen LogP contribution in [0.2, 0.25) is 0 Å². The lowest BCUT2D eigenvalue weighted by Crippen LogP contribution is -2.43. The van der Waals surface area contributed by atoms with Gasteiger partial charge in [0.15, 0.2) is 0 Å². The summed E-state index contributed by atoms with van der Waals surface area (Å²) in [7, 11) is 0. The van der Waals surface area contributed by atoms with Crippen LogP contribution in [0.3, 0.4) is 0 Å². The van der Waals surface area contributed by atoms with Gasteiger partial charge in [-0.05, 0) is 49.9 Å². The highest BCUT2D eigenvalue weighted by atomic mass is 16.5. The molecular formula is C25H27N3O5. The van der Waals surface area contributed by atoms with Crippen LogP contribution in [0.25, 0.3) is 0 Å². The molecule has 0 saturated carbocycles. The fourth-order valence-electron chi connectivity index (χ4n) is 5.04. The van der Waals surface area contributed by atoms with Crippen molar-refractivity contribution in [2.75, 3.05) is 13.2 Å². The van der Waals surface area contributed by atoms with Crippen LogP contribution in [0.1, 0.15) is 42.5 Å². The summed E-state index contributed by atoms with van der Waals surface area (Å²) >= 11 is 0. The summed E-state index contributed by atoms with van der Waals surface area (Å²) in [4.78, 5) is 39.6. The zero-order valence-corrected chi connectivity index (χ0v) is 18.8. The van der Waals surface area contributed by atoms with Gasteiger partial charge in [-0.2, -0.15) is 0 Å². The van der Waals surface area contributed by atoms with Crippen LogP contribution in [0.4, 0.5) is 4.79 Å². The fraction of sp³-hybridized carbons (Fsp3) is 0.400. The first kappa shape index (κ1) is 21.3. The topological polar surface area (TPSA) is 97.0 Å². The number of urea groups is 1. The molecule has 0 radical (unpaired) electrons. The van der Waals surface area contributed by atoms with Crippen LogP contribution >= 0.6 is 0 Å². The summed E-state index contributed by atoms with van der Waals surface area (Å²) in [5.41, 5.74) is 2.68. The molecule has 33 heavy (non-hydrogen) atoms. The van der Waals surface area contributed by atoms with E-state index in [0.29, 0.717) is 25.2 Å². The molecule has 0 aromatic heterocycles. The molecular weight excluding hydrogens is 422 g/mol. The van der Waals surface area contributed by atoms with Crippen LogP contribution < -0.4 is 20.1 Å². The maximum Gasteiger partial charge on any atom is 0.325 e. The summed E-state index contributed by atoms with van der Waals surface area (Å²) < 4.78 is 11.6. The van der Waals surface area contributed by atoms with Gasteiger partial charge in [-0.3, -0.25) is 14.5 Å². The maximum absolute atomic E-state index is 13.2. The Hall–Kier alpha value is -3.55. The number of fused-ring (bicyclic) bond motifs is 3. The van der Waals surface area contributed by atoms with Gasteiger partial charge in [-0.25, -0.2) is 4.79 Å². The van der Waals surface area contributed by atoms with Crippen molar-refractivity contribution in [1.82, 2.24) is 15.5 Å². The van der Waals surface area contributed by atoms with Crippen molar-refractivity contribution in [3.05, 3.63) is 58.7 Å². The van der Waals surface area contributed by atoms with Gasteiger partial charge in [-0.1, -0.05) is 24.3 Å². The normalized spacial score (nSPS) is 22.7. The van der Waals surface area contributed by atoms with Crippen LogP contribution in [-0.2, 0) is 34.5 Å². The number of carbonyl (C=O) groups excluding carboxylic acids is 3. The molecule has 2 aromatic rings. The minimum Gasteiger partial charge on any atom is -0.494 e. The Morgan fingerprint density at radius 3 is 2.91 bits per heavy atom. The highest BCUT2D eigenvalue weighted by molar-refractivity contribution is 6.09. The molecule has 0 unspecified atom stereocenters. The number of nitrogens with one attached hydrogen (secondary N) is 2. The van der Waals surface area contributed by atoms with Crippen LogP contribution in [0.5, 0.6) is 11.5 Å². The molecule has 2 aliphatic heterocycles. The standard InChI is InChI=1S/C25H27N3O5/c1-3-32-20-11-17-10-15(2)33-21(17)12-18(20)13-26-22(29)14-28-23(30)25(27-24(28)31)9-8-16-6-4-5-7-19(16)25/h4-7,11-12,15H,3,8-10,13-14H2,1-2H3,(H,26,29)(H,27,31)/t15-,25+/m1/s1. The van der Waals surface area contributed by atoms with E-state index < -0.39 is 17.5 Å². The van der Waals surface area contributed by atoms with E-state index in [-0.39, 0.29) is 25.1 Å². The molecule has 1 fully saturated rings. The first-order valence-electron chi connectivity index (χ1n) is 11.4. The first-order chi connectivity index (χ1) is 15.9. The van der Waals surface area contributed by atoms with E-state index in [2.05, 4.69) is 10.6 Å². The average molecular weight is 450 g/mol. The van der Waals surface area contributed by atoms with Crippen molar-refractivity contribution in [2.24, 2.45) is 0 Å². The molecule has 2 aromatic carbocycles. The number of aryl methyl sites for hydroxylation is 1. The number of imide groups is 1. The number of nitrogens with zero attached hydrogens (tertiary/aromatic N) is 1. The van der Waals surface area contributed by atoms with Gasteiger partial charge < -0.3 is 20.1 Å². The summed E-state index contributed by atoms with van der Waals surface area (Å²) in [5, 5.41) is 5.66. The van der Waals surface area contributed by atoms with Crippen molar-refractivity contribution in [3.8, 4) is 11.5 Å². The van der Waals surface area contributed by atoms with Gasteiger partial charge in [0, 0.05) is 24.1 Å². The number of rotatable bonds is 6. The summed E-state index contributed by atoms with van der Waals surface area (Å²) in [6, 6.07) is 10.9. The van der Waals surface area contributed by atoms with E-state index in [0.717, 1.165) is 39.3 Å². The molecule has 1 aliphatic carbocycles. The first-order valence-corrected chi connectivity index (χ1v) is 11.4. The molecule has 8 nitrogen and oxygen atoms in total. The molecule has 2 heterocycles. The minimum absolute atomic E-state index is 0.104. The Kier molecular flexibility index (Phi) is 5.23. The van der Waals surface area contributed by atoms with Crippen molar-refractivity contribution >= 4 is 17.8 Å². The predicted octanol–water partition coefficient (Wildman–Crippen LogP) is 2.42. The van der Waals surface area contributed by atoms with E-state index in [1.807, 2.05) is 50.2 Å². The molecule has 5 rings (SSSR count). The smallest absolute Gasteiger partial charge is 0.325 e. The Bertz CT molecular complexity index is 1150. The van der Waals surface area contributed by atoms with E-state index in [9.17, 15) is 14.4 Å². The molecule has 2 N–H and O–H groups in total. The van der Waals surface area contributed by atoms with Crippen molar-refractivity contribution in [3.63, 3.8) is 0 Å². The number of hydrogen-bond donors (Lipinski definition) is 2. The molecule has 8 heteroatoms. The number of amides is 4. The second-order valence-corrected chi connectivity index (χ2v) is 8.79. The number of carbonyl (C=O) groups is 3. The third-order valence-electron chi connectivity index (χ3n) is 6.58. The van der Waals surface area contributed by atoms with Crippen LogP contribution in [0.15, 0.2) is 36.4 Å². The number of benzene rings is 2. The minimum atomic E-state index is -1.07. The SMILES string of the molecule is CCOc1cc2c(cc1CNC(=O)CN1C(=O)N[C@]3(CCc4ccccc43)C1=O)O[C@H](C)C2. The molecule has 1 saturated heterocycles. The van der Waals surface area contributed by atoms with Crippen molar-refractivity contribution in [1.29, 1.82) is 0 Å². The number of hydrogen-bond acceptors (Lipinski definition) is 5. The van der Waals surface area contributed by atoms with Crippen LogP contribution in [-0.4, -0.2) is 42.0 Å². The largest absolute Gasteiger partial charge is 0.494 e. The highest BCUT2D eigenvalue weighted by Crippen LogP contribution is 2.41. The van der Waals surface area contributed by atoms with E-state index >= 15 is 0 Å². The third-order valence-corrected chi connectivity index (χ3v) is 6.58. The molecule has 2 atom stereocenters. The summed E-state index contributed by atoms with van der Waals surface area (Å²) in [6.07, 6.45) is 2.13. The average Bonchev–Trinajstić information content (AvgIpc) is 3.42.